The van der Waals surface area contributed by atoms with E-state index in [9.17, 15) is 0 Å². The molecule has 5 rings (SSSR count). The average molecular weight is 416 g/mol. The molecule has 2 aromatic carbocycles. The first-order chi connectivity index (χ1) is 14.7. The van der Waals surface area contributed by atoms with E-state index >= 15 is 0 Å². The van der Waals surface area contributed by atoms with Gasteiger partial charge in [-0.3, -0.25) is 9.88 Å². The monoisotopic (exact) mass is 415 g/mol. The number of pyridine rings is 1. The summed E-state index contributed by atoms with van der Waals surface area (Å²) in [6, 6.07) is 17.5. The highest BCUT2D eigenvalue weighted by atomic mass is 32.1. The minimum atomic E-state index is 0.376. The zero-order valence-corrected chi connectivity index (χ0v) is 18.2. The largest absolute Gasteiger partial charge is 0.457 e. The number of aromatic nitrogens is 2. The van der Waals surface area contributed by atoms with Gasteiger partial charge in [0.1, 0.15) is 11.5 Å². The van der Waals surface area contributed by atoms with Crippen molar-refractivity contribution >= 4 is 21.6 Å². The summed E-state index contributed by atoms with van der Waals surface area (Å²) in [6.07, 6.45) is 3.88. The van der Waals surface area contributed by atoms with Crippen molar-refractivity contribution in [3.05, 3.63) is 82.6 Å². The number of thiazole rings is 1. The lowest BCUT2D eigenvalue weighted by molar-refractivity contribution is 0.221. The van der Waals surface area contributed by atoms with E-state index in [1.807, 2.05) is 24.6 Å². The van der Waals surface area contributed by atoms with Gasteiger partial charge in [-0.15, -0.1) is 11.3 Å². The van der Waals surface area contributed by atoms with Crippen LogP contribution >= 0.6 is 11.3 Å². The second-order valence-corrected chi connectivity index (χ2v) is 8.84. The molecule has 152 valence electrons. The standard InChI is InChI=1S/C25H25N3OS/c1-17-13-23(7-10-26-17)29-22-5-3-19-8-11-28(12-9-21(19)14-22)18(2)20-4-6-25-24(15-20)27-16-30-25/h3-7,10,13-16,18H,8-9,11-12H2,1-2H3/t18-/m1/s1. The number of fused-ring (bicyclic) bond motifs is 2. The van der Waals surface area contributed by atoms with Gasteiger partial charge in [0, 0.05) is 37.1 Å². The second kappa shape index (κ2) is 8.17. The fourth-order valence-corrected chi connectivity index (χ4v) is 4.89. The minimum absolute atomic E-state index is 0.376. The molecule has 0 saturated carbocycles. The van der Waals surface area contributed by atoms with Crippen molar-refractivity contribution in [3.8, 4) is 11.5 Å². The molecule has 0 N–H and O–H groups in total. The lowest BCUT2D eigenvalue weighted by Crippen LogP contribution is -2.29. The van der Waals surface area contributed by atoms with Crippen molar-refractivity contribution < 1.29 is 4.74 Å². The smallest absolute Gasteiger partial charge is 0.130 e. The normalized spacial score (nSPS) is 15.5. The van der Waals surface area contributed by atoms with Gasteiger partial charge in [0.2, 0.25) is 0 Å². The zero-order chi connectivity index (χ0) is 20.5. The fourth-order valence-electron chi connectivity index (χ4n) is 4.23. The molecule has 0 fully saturated rings. The number of hydrogen-bond acceptors (Lipinski definition) is 5. The van der Waals surface area contributed by atoms with Crippen LogP contribution in [0, 0.1) is 6.92 Å². The molecule has 2 aromatic heterocycles. The summed E-state index contributed by atoms with van der Waals surface area (Å²) in [5.41, 5.74) is 8.16. The molecule has 0 radical (unpaired) electrons. The Bertz CT molecular complexity index is 1190. The topological polar surface area (TPSA) is 38.2 Å². The van der Waals surface area contributed by atoms with Gasteiger partial charge in [0.05, 0.1) is 15.7 Å². The second-order valence-electron chi connectivity index (χ2n) is 7.96. The third kappa shape index (κ3) is 3.95. The van der Waals surface area contributed by atoms with E-state index in [2.05, 4.69) is 58.2 Å². The van der Waals surface area contributed by atoms with Gasteiger partial charge >= 0.3 is 0 Å². The maximum atomic E-state index is 6.08. The number of ether oxygens (including phenoxy) is 1. The van der Waals surface area contributed by atoms with E-state index in [-0.39, 0.29) is 0 Å². The van der Waals surface area contributed by atoms with Crippen LogP contribution in [-0.2, 0) is 12.8 Å². The van der Waals surface area contributed by atoms with E-state index < -0.39 is 0 Å². The van der Waals surface area contributed by atoms with Gasteiger partial charge in [-0.05, 0) is 73.7 Å². The molecule has 0 unspecified atom stereocenters. The third-order valence-electron chi connectivity index (χ3n) is 6.00. The molecular formula is C25H25N3OS. The molecule has 0 aliphatic carbocycles. The summed E-state index contributed by atoms with van der Waals surface area (Å²) in [4.78, 5) is 11.3. The van der Waals surface area contributed by atoms with Crippen molar-refractivity contribution in [2.24, 2.45) is 0 Å². The van der Waals surface area contributed by atoms with Gasteiger partial charge < -0.3 is 4.74 Å². The summed E-state index contributed by atoms with van der Waals surface area (Å²) in [6.45, 7) is 6.39. The maximum Gasteiger partial charge on any atom is 0.130 e. The molecule has 0 saturated heterocycles. The Morgan fingerprint density at radius 3 is 2.63 bits per heavy atom. The van der Waals surface area contributed by atoms with Crippen LogP contribution in [0.2, 0.25) is 0 Å². The maximum absolute atomic E-state index is 6.08. The molecule has 0 amide bonds. The Labute approximate surface area is 181 Å². The van der Waals surface area contributed by atoms with Crippen LogP contribution < -0.4 is 4.74 Å². The lowest BCUT2D eigenvalue weighted by atomic mass is 10.0. The van der Waals surface area contributed by atoms with Crippen molar-refractivity contribution in [3.63, 3.8) is 0 Å². The molecule has 0 bridgehead atoms. The van der Waals surface area contributed by atoms with Gasteiger partial charge in [0.25, 0.3) is 0 Å². The number of nitrogens with zero attached hydrogens (tertiary/aromatic N) is 3. The Hall–Kier alpha value is -2.76. The van der Waals surface area contributed by atoms with Crippen LogP contribution in [0.1, 0.15) is 35.3 Å². The van der Waals surface area contributed by atoms with Gasteiger partial charge in [-0.25, -0.2) is 4.98 Å². The highest BCUT2D eigenvalue weighted by Crippen LogP contribution is 2.30. The van der Waals surface area contributed by atoms with Gasteiger partial charge in [-0.2, -0.15) is 0 Å². The zero-order valence-electron chi connectivity index (χ0n) is 17.3. The van der Waals surface area contributed by atoms with E-state index in [0.29, 0.717) is 6.04 Å². The van der Waals surface area contributed by atoms with Crippen molar-refractivity contribution in [1.29, 1.82) is 0 Å². The summed E-state index contributed by atoms with van der Waals surface area (Å²) in [5, 5.41) is 0. The van der Waals surface area contributed by atoms with Crippen molar-refractivity contribution in [2.75, 3.05) is 13.1 Å². The molecule has 1 aliphatic rings. The highest BCUT2D eigenvalue weighted by molar-refractivity contribution is 7.16. The van der Waals surface area contributed by atoms with Crippen molar-refractivity contribution in [1.82, 2.24) is 14.9 Å². The number of aryl methyl sites for hydroxylation is 1. The summed E-state index contributed by atoms with van der Waals surface area (Å²) in [5.74, 6) is 1.73. The molecule has 1 atom stereocenters. The van der Waals surface area contributed by atoms with Gasteiger partial charge in [-0.1, -0.05) is 12.1 Å². The van der Waals surface area contributed by atoms with Crippen molar-refractivity contribution in [2.45, 2.75) is 32.7 Å². The number of benzene rings is 2. The summed E-state index contributed by atoms with van der Waals surface area (Å²) >= 11 is 1.70. The molecule has 5 heteroatoms. The van der Waals surface area contributed by atoms with Crippen LogP contribution in [-0.4, -0.2) is 28.0 Å². The fraction of sp³-hybridized carbons (Fsp3) is 0.280. The van der Waals surface area contributed by atoms with Crippen LogP contribution in [0.25, 0.3) is 10.2 Å². The molecule has 30 heavy (non-hydrogen) atoms. The summed E-state index contributed by atoms with van der Waals surface area (Å²) < 4.78 is 7.34. The van der Waals surface area contributed by atoms with Crippen LogP contribution in [0.3, 0.4) is 0 Å². The molecular weight excluding hydrogens is 390 g/mol. The highest BCUT2D eigenvalue weighted by Gasteiger charge is 2.20. The Balaban J connectivity index is 1.31. The Kier molecular flexibility index (Phi) is 5.23. The third-order valence-corrected chi connectivity index (χ3v) is 6.81. The van der Waals surface area contributed by atoms with Gasteiger partial charge in [0.15, 0.2) is 0 Å². The van der Waals surface area contributed by atoms with E-state index in [1.54, 1.807) is 17.5 Å². The predicted molar refractivity (Wildman–Crippen MR) is 123 cm³/mol. The van der Waals surface area contributed by atoms with Crippen LogP contribution in [0.4, 0.5) is 0 Å². The van der Waals surface area contributed by atoms with E-state index in [4.69, 9.17) is 4.74 Å². The number of rotatable bonds is 4. The summed E-state index contributed by atoms with van der Waals surface area (Å²) in [7, 11) is 0. The predicted octanol–water partition coefficient (Wildman–Crippen LogP) is 5.95. The molecule has 4 nitrogen and oxygen atoms in total. The molecule has 3 heterocycles. The molecule has 1 aliphatic heterocycles. The first-order valence-corrected chi connectivity index (χ1v) is 11.3. The Morgan fingerprint density at radius 2 is 1.77 bits per heavy atom. The van der Waals surface area contributed by atoms with Crippen LogP contribution in [0.5, 0.6) is 11.5 Å². The first-order valence-electron chi connectivity index (χ1n) is 10.5. The van der Waals surface area contributed by atoms with E-state index in [0.717, 1.165) is 48.6 Å². The Morgan fingerprint density at radius 1 is 0.933 bits per heavy atom. The first kappa shape index (κ1) is 19.2. The van der Waals surface area contributed by atoms with E-state index in [1.165, 1.54) is 21.4 Å². The average Bonchev–Trinajstić information content (AvgIpc) is 3.12. The van der Waals surface area contributed by atoms with Crippen LogP contribution in [0.15, 0.2) is 60.2 Å². The SMILES string of the molecule is Cc1cc(Oc2ccc3c(c2)CCN([C@H](C)c2ccc4scnc4c2)CC3)ccn1. The molecule has 4 aromatic rings. The lowest BCUT2D eigenvalue weighted by Gasteiger charge is -2.28. The quantitative estimate of drug-likeness (QED) is 0.413. The minimum Gasteiger partial charge on any atom is -0.457 e. The number of hydrogen-bond donors (Lipinski definition) is 0. The molecule has 0 spiro atoms.